The smallest absolute Gasteiger partial charge is 0.335 e. The van der Waals surface area contributed by atoms with E-state index in [1.807, 2.05) is 19.1 Å². The average Bonchev–Trinajstić information content (AvgIpc) is 1.66. The zero-order valence-corrected chi connectivity index (χ0v) is 84.5. The van der Waals surface area contributed by atoms with Gasteiger partial charge in [-0.3, -0.25) is 18.6 Å². The van der Waals surface area contributed by atoms with Gasteiger partial charge in [0.25, 0.3) is 20.3 Å². The number of carbonyl (C=O) groups is 2. The van der Waals surface area contributed by atoms with E-state index in [1.54, 1.807) is 66.7 Å². The lowest BCUT2D eigenvalue weighted by atomic mass is 10.1. The van der Waals surface area contributed by atoms with Crippen LogP contribution in [-0.4, -0.2) is 257 Å². The molecule has 0 radical (unpaired) electrons. The Morgan fingerprint density at radius 1 is 0.359 bits per heavy atom. The van der Waals surface area contributed by atoms with Gasteiger partial charge in [0.1, 0.15) is 99.0 Å². The van der Waals surface area contributed by atoms with Gasteiger partial charge in [-0.1, -0.05) is 45.2 Å². The number of carbonyl (C=O) groups excluding carboxylic acids is 1. The zero-order chi connectivity index (χ0) is 107. The van der Waals surface area contributed by atoms with Gasteiger partial charge in [0.15, 0.2) is 28.9 Å². The fraction of sp³-hybridized carbons (Fsp3) is 0.0488. The van der Waals surface area contributed by atoms with E-state index in [1.165, 1.54) is 73.7 Å². The predicted molar refractivity (Wildman–Crippen MR) is 545 cm³/mol. The third-order valence-electron chi connectivity index (χ3n) is 18.6. The van der Waals surface area contributed by atoms with Crippen molar-refractivity contribution in [2.24, 2.45) is 0 Å². The largest absolute Gasteiger partial charge is 0.486 e. The van der Waals surface area contributed by atoms with Crippen LogP contribution in [-0.2, 0) is 98.9 Å². The van der Waals surface area contributed by atoms with Crippen LogP contribution in [0.4, 0.5) is 23.2 Å². The number of anilines is 1. The number of aromatic nitrogens is 18. The number of imidazole rings is 9. The summed E-state index contributed by atoms with van der Waals surface area (Å²) in [6.45, 7) is 4.07. The molecule has 0 amide bonds. The van der Waals surface area contributed by atoms with E-state index in [0.29, 0.717) is 118 Å². The highest BCUT2D eigenvalue weighted by Gasteiger charge is 2.25. The summed E-state index contributed by atoms with van der Waals surface area (Å²) < 4.78 is 294. The number of aromatic carboxylic acids is 1. The van der Waals surface area contributed by atoms with Crippen molar-refractivity contribution < 1.29 is 137 Å². The molecule has 0 saturated heterocycles. The average molecular weight is 2300 g/mol. The maximum Gasteiger partial charge on any atom is 0.335 e. The van der Waals surface area contributed by atoms with Crippen molar-refractivity contribution in [3.05, 3.63) is 224 Å². The number of aromatic amines is 9. The molecule has 0 spiro atoms. The van der Waals surface area contributed by atoms with Crippen LogP contribution in [0.25, 0.3) is 99.3 Å². The minimum Gasteiger partial charge on any atom is -0.486 e. The highest BCUT2D eigenvalue weighted by Crippen LogP contribution is 2.35. The van der Waals surface area contributed by atoms with Crippen molar-refractivity contribution in [3.8, 4) is 11.5 Å². The number of benzene rings is 10. The van der Waals surface area contributed by atoms with E-state index in [-0.39, 0.29) is 74.2 Å². The topological polar surface area (TPSA) is 747 Å². The van der Waals surface area contributed by atoms with Gasteiger partial charge in [-0.2, -0.15) is 16.8 Å². The maximum absolute atomic E-state index is 13.2. The number of aryl methyl sites for hydroxylation is 1. The van der Waals surface area contributed by atoms with Crippen LogP contribution in [0.2, 0.25) is 10.0 Å². The second-order valence-corrected chi connectivity index (χ2v) is 47.7. The first-order valence-electron chi connectivity index (χ1n) is 39.0. The van der Waals surface area contributed by atoms with E-state index in [2.05, 4.69) is 151 Å². The second-order valence-electron chi connectivity index (χ2n) is 29.8. The predicted octanol–water partition coefficient (Wildman–Crippen LogP) is 12.8. The molecule has 0 fully saturated rings. The van der Waals surface area contributed by atoms with Crippen LogP contribution < -0.4 is 14.2 Å². The lowest BCUT2D eigenvalue weighted by Gasteiger charge is -2.17. The molecule has 1 aliphatic heterocycles. The summed E-state index contributed by atoms with van der Waals surface area (Å²) in [5, 5.41) is 7.76. The molecular weight excluding hydrogens is 2230 g/mol. The molecular formula is C82H72BrCl2F4N19O27S10. The number of hydrogen-bond donors (Lipinski definition) is 20. The molecule has 145 heavy (non-hydrogen) atoms. The number of ketones is 1. The fourth-order valence-corrected chi connectivity index (χ4v) is 18.3. The van der Waals surface area contributed by atoms with Crippen LogP contribution in [0.3, 0.4) is 0 Å². The van der Waals surface area contributed by atoms with Gasteiger partial charge in [0.2, 0.25) is 36.1 Å². The molecule has 20 N–H and O–H groups in total. The molecule has 10 heterocycles. The Morgan fingerprint density at radius 3 is 1.16 bits per heavy atom. The summed E-state index contributed by atoms with van der Waals surface area (Å²) in [4.78, 5) is 79.4. The third kappa shape index (κ3) is 28.5. The number of sulfonamides is 1. The van der Waals surface area contributed by atoms with Gasteiger partial charge in [0.05, 0.1) is 104 Å². The van der Waals surface area contributed by atoms with Gasteiger partial charge < -0.3 is 91.3 Å². The number of carboxylic acids is 1. The van der Waals surface area contributed by atoms with E-state index in [9.17, 15) is 100 Å². The highest BCUT2D eigenvalue weighted by atomic mass is 79.9. The van der Waals surface area contributed by atoms with Crippen molar-refractivity contribution >= 4 is 296 Å². The fourth-order valence-electron chi connectivity index (χ4n) is 12.1. The Kier molecular flexibility index (Phi) is 32.4. The number of nitrogens with zero attached hydrogens (tertiary/aromatic N) is 9. The summed E-state index contributed by atoms with van der Waals surface area (Å²) in [6, 6.07) is 41.0. The van der Waals surface area contributed by atoms with Gasteiger partial charge in [0, 0.05) is 50.0 Å². The first-order chi connectivity index (χ1) is 67.1. The molecule has 7 atom stereocenters. The quantitative estimate of drug-likeness (QED) is 0.0208. The Labute approximate surface area is 835 Å². The third-order valence-corrected chi connectivity index (χ3v) is 27.9. The molecule has 0 saturated carbocycles. The SMILES string of the molecule is C=S(=O)(O)c1nc2cc(F)c(F)cc2[nH]1.C=S(=O)(O)c1nc2cc3c(cc2[nH]1)OCCO3.C=S(=O)(O)c1nc2ccc(Br)cc2[nH]1.C=S(=O)(O)c1nc2ccc(C(=O)O)cc2[nH]1.C=S(=O)(O)c1nc2ccc(Cl)cc2[nH]1.C=S(=O)(O)c1nc2ccc(F)cc2[nH]1.C=S(=O)(O)c1nc2ccc(S(=O)(=O)Nc3ccc(Cl)cc3)cc2[nH]1.CC(=O)c1cc(F)cc2[nH]c(S(=O)(=O)O)nc12.Cc1ccc2nc(S(=O)(=O)O)[nH]c2c1. The summed E-state index contributed by atoms with van der Waals surface area (Å²) in [6.07, 6.45) is 0. The van der Waals surface area contributed by atoms with E-state index < -0.39 is 144 Å². The number of Topliss-reactive ketones (excluding diaryl/α,β-unsaturated/α-hetero) is 1. The Bertz CT molecular complexity index is 9140. The summed E-state index contributed by atoms with van der Waals surface area (Å²) in [5.74, 6) is 18.1. The normalized spacial score (nSPS) is 14.8. The first-order valence-corrected chi connectivity index (χ1v) is 56.7. The van der Waals surface area contributed by atoms with Crippen molar-refractivity contribution in [1.29, 1.82) is 0 Å². The molecule has 63 heteroatoms. The number of fused-ring (bicyclic) bond motifs is 10. The van der Waals surface area contributed by atoms with Crippen molar-refractivity contribution in [2.75, 3.05) is 17.9 Å². The van der Waals surface area contributed by atoms with E-state index in [0.717, 1.165) is 34.3 Å². The lowest BCUT2D eigenvalue weighted by Crippen LogP contribution is -2.15. The Hall–Kier alpha value is -13.6. The molecule has 46 nitrogen and oxygen atoms in total. The Morgan fingerprint density at radius 2 is 0.697 bits per heavy atom. The van der Waals surface area contributed by atoms with Gasteiger partial charge in [-0.15, -0.1) is 0 Å². The van der Waals surface area contributed by atoms with Gasteiger partial charge >= 0.3 is 26.2 Å². The van der Waals surface area contributed by atoms with Crippen LogP contribution in [0, 0.1) is 30.2 Å². The number of halogens is 7. The standard InChI is InChI=1S/C14H12ClN3O4S2.C10H10N2O4S.C9H7FN2O4S.C9H8N2O4S.C8H7BrN2O2S.C8H7ClN2O2S.C8H6F2N2O2S.C8H7FN2O2S.C8H8N2O3S/c1-23(19,20)14-16-12-7-6-11(8-13(12)17-14)24(21,22)18-10-4-2-9(15)3-5-10;1-17(13,14)10-11-6-4-8-9(5-7(6)12-10)16-3-2-15-8;1-4(13)6-2-5(10)3-7-8(6)12-9(11-7)17(14,15)16;1-16(14,15)9-10-6-3-2-5(8(12)13)4-7(6)11-9;2*1-14(12,13)8-10-6-3-2-5(9)4-7(6)11-8;1-15(13,14)8-11-6-2-4(9)5(10)3-7(6)12-8;1-14(12,13)8-10-6-3-2-5(9)4-7(6)11-8;1-5-2-3-6-7(4-5)10-8(9-6)14(11,12)13/h2-8,18H,1H2,(H,16,17)(H,19,20);4-5H,1-3H2,(H,11,12)(H,13,14);2-3H,1H3,(H,11,12)(H,14,15,16);2-4H,1H2,(H,10,11)(H,12,13)(H,14,15);2*2-4H,1H2,(H,10,11)(H,12,13);2-3H,1H2,(H,11,12)(H,13,14);2-4H,1H2,(H,10,11)(H,12,13);2-4H,1H3,(H,9,10)(H,11,12,13). The van der Waals surface area contributed by atoms with Crippen molar-refractivity contribution in [3.63, 3.8) is 0 Å². The summed E-state index contributed by atoms with van der Waals surface area (Å²) in [5.41, 5.74) is 8.80. The van der Waals surface area contributed by atoms with Crippen molar-refractivity contribution in [1.82, 2.24) is 89.7 Å². The second kappa shape index (κ2) is 42.6. The number of H-pyrrole nitrogens is 9. The molecule has 10 aromatic carbocycles. The number of nitrogens with one attached hydrogen (secondary N) is 10. The van der Waals surface area contributed by atoms with Crippen LogP contribution in [0.15, 0.2) is 226 Å². The van der Waals surface area contributed by atoms with Gasteiger partial charge in [-0.25, -0.2) is 105 Å². The van der Waals surface area contributed by atoms with E-state index >= 15 is 0 Å². The number of carboxylic acid groups (broad SMARTS) is 1. The maximum atomic E-state index is 13.2. The molecule has 1 aliphatic rings. The first kappa shape index (κ1) is 110. The molecule has 9 aromatic heterocycles. The molecule has 0 bridgehead atoms. The van der Waals surface area contributed by atoms with E-state index in [4.69, 9.17) is 60.5 Å². The van der Waals surface area contributed by atoms with Crippen LogP contribution in [0.1, 0.15) is 33.2 Å². The molecule has 0 aliphatic carbocycles. The highest BCUT2D eigenvalue weighted by molar-refractivity contribution is 9.10. The molecule has 766 valence electrons. The van der Waals surface area contributed by atoms with Crippen LogP contribution >= 0.6 is 39.1 Å². The van der Waals surface area contributed by atoms with Crippen LogP contribution in [0.5, 0.6) is 11.5 Å². The monoisotopic (exact) mass is 2300 g/mol. The molecule has 19 aromatic rings. The minimum atomic E-state index is -4.52. The summed E-state index contributed by atoms with van der Waals surface area (Å²) >= 11 is 14.8. The molecule has 20 rings (SSSR count). The van der Waals surface area contributed by atoms with Crippen molar-refractivity contribution in [2.45, 2.75) is 65.2 Å². The lowest BCUT2D eigenvalue weighted by molar-refractivity contribution is 0.0696. The number of ether oxygens (including phenoxy) is 2. The Balaban J connectivity index is 0.000000146. The number of rotatable bonds is 14. The summed E-state index contributed by atoms with van der Waals surface area (Å²) in [7, 11) is -36.3. The molecule has 7 unspecified atom stereocenters. The number of hydrogen-bond acceptors (Lipinski definition) is 26. The van der Waals surface area contributed by atoms with Gasteiger partial charge in [-0.05, 0) is 200 Å². The minimum absolute atomic E-state index is 0.00519. The zero-order valence-electron chi connectivity index (χ0n) is 73.2.